The number of fused-ring (bicyclic) bond motifs is 1. The number of nitrogens with zero attached hydrogens (tertiary/aromatic N) is 2. The van der Waals surface area contributed by atoms with Gasteiger partial charge in [-0.25, -0.2) is 9.97 Å². The molecule has 0 fully saturated rings. The summed E-state index contributed by atoms with van der Waals surface area (Å²) in [6, 6.07) is 3.62. The summed E-state index contributed by atoms with van der Waals surface area (Å²) in [6.45, 7) is 1.17. The van der Waals surface area contributed by atoms with E-state index in [-0.39, 0.29) is 0 Å². The van der Waals surface area contributed by atoms with Crippen molar-refractivity contribution in [1.82, 2.24) is 9.97 Å². The molecule has 4 nitrogen and oxygen atoms in total. The second-order valence-electron chi connectivity index (χ2n) is 3.54. The molecule has 0 bridgehead atoms. The Kier molecular flexibility index (Phi) is 2.38. The fourth-order valence-electron chi connectivity index (χ4n) is 1.71. The van der Waals surface area contributed by atoms with E-state index >= 15 is 0 Å². The van der Waals surface area contributed by atoms with Crippen molar-refractivity contribution in [2.45, 2.75) is 13.0 Å². The zero-order valence-corrected chi connectivity index (χ0v) is 9.20. The Morgan fingerprint density at radius 1 is 1.31 bits per heavy atom. The summed E-state index contributed by atoms with van der Waals surface area (Å²) in [5.74, 6) is 1.17. The van der Waals surface area contributed by atoms with Gasteiger partial charge in [-0.05, 0) is 12.1 Å². The van der Waals surface area contributed by atoms with Crippen LogP contribution >= 0.6 is 11.6 Å². The molecular weight excluding hydrogens is 228 g/mol. The average molecular weight is 237 g/mol. The van der Waals surface area contributed by atoms with Crippen LogP contribution in [0.25, 0.3) is 11.6 Å². The molecule has 0 atom stereocenters. The van der Waals surface area contributed by atoms with Gasteiger partial charge in [-0.3, -0.25) is 0 Å². The third-order valence-electron chi connectivity index (χ3n) is 2.51. The maximum atomic E-state index is 6.09. The van der Waals surface area contributed by atoms with E-state index in [1.165, 1.54) is 0 Å². The third-order valence-corrected chi connectivity index (χ3v) is 2.83. The van der Waals surface area contributed by atoms with Crippen molar-refractivity contribution in [3.63, 3.8) is 0 Å². The van der Waals surface area contributed by atoms with Gasteiger partial charge in [0, 0.05) is 12.0 Å². The van der Waals surface area contributed by atoms with Crippen LogP contribution < -0.4 is 0 Å². The second-order valence-corrected chi connectivity index (χ2v) is 3.90. The van der Waals surface area contributed by atoms with Crippen molar-refractivity contribution in [2.24, 2.45) is 0 Å². The second kappa shape index (κ2) is 3.88. The molecule has 2 aromatic heterocycles. The Balaban J connectivity index is 2.12. The summed E-state index contributed by atoms with van der Waals surface area (Å²) < 4.78 is 10.6. The minimum Gasteiger partial charge on any atom is -0.461 e. The minimum atomic E-state index is 0.455. The van der Waals surface area contributed by atoms with E-state index in [0.717, 1.165) is 17.7 Å². The molecule has 0 unspecified atom stereocenters. The lowest BCUT2D eigenvalue weighted by molar-refractivity contribution is 0.109. The molecule has 0 aliphatic carbocycles. The van der Waals surface area contributed by atoms with Gasteiger partial charge >= 0.3 is 0 Å². The van der Waals surface area contributed by atoms with Gasteiger partial charge in [0.25, 0.3) is 0 Å². The van der Waals surface area contributed by atoms with Crippen molar-refractivity contribution in [1.29, 1.82) is 0 Å². The number of aromatic nitrogens is 2. The summed E-state index contributed by atoms with van der Waals surface area (Å²) in [5.41, 5.74) is 1.85. The van der Waals surface area contributed by atoms with E-state index in [0.29, 0.717) is 30.0 Å². The molecule has 5 heteroatoms. The fraction of sp³-hybridized carbons (Fsp3) is 0.273. The summed E-state index contributed by atoms with van der Waals surface area (Å²) in [7, 11) is 0. The molecule has 1 aliphatic rings. The Bertz CT molecular complexity index is 511. The predicted molar refractivity (Wildman–Crippen MR) is 58.1 cm³/mol. The van der Waals surface area contributed by atoms with Gasteiger partial charge in [0.15, 0.2) is 11.6 Å². The highest BCUT2D eigenvalue weighted by atomic mass is 35.5. The molecule has 0 amide bonds. The van der Waals surface area contributed by atoms with Gasteiger partial charge in [0.1, 0.15) is 5.15 Å². The Morgan fingerprint density at radius 3 is 3.06 bits per heavy atom. The normalized spacial score (nSPS) is 14.8. The lowest BCUT2D eigenvalue weighted by Gasteiger charge is -2.16. The first-order valence-corrected chi connectivity index (χ1v) is 5.39. The van der Waals surface area contributed by atoms with Crippen molar-refractivity contribution in [3.8, 4) is 11.6 Å². The molecule has 0 saturated heterocycles. The van der Waals surface area contributed by atoms with Crippen molar-refractivity contribution in [3.05, 3.63) is 34.8 Å². The van der Waals surface area contributed by atoms with E-state index in [1.807, 2.05) is 6.07 Å². The maximum Gasteiger partial charge on any atom is 0.197 e. The standard InChI is InChI=1S/C11H9ClN2O2/c12-10-7-6-15-5-3-8(7)13-11(14-10)9-2-1-4-16-9/h1-2,4H,3,5-6H2. The monoisotopic (exact) mass is 236 g/mol. The molecule has 0 radical (unpaired) electrons. The van der Waals surface area contributed by atoms with E-state index < -0.39 is 0 Å². The lowest BCUT2D eigenvalue weighted by Crippen LogP contribution is -2.14. The van der Waals surface area contributed by atoms with E-state index in [4.69, 9.17) is 20.8 Å². The lowest BCUT2D eigenvalue weighted by atomic mass is 10.1. The van der Waals surface area contributed by atoms with Crippen LogP contribution in [0.4, 0.5) is 0 Å². The number of halogens is 1. The first kappa shape index (κ1) is 9.81. The minimum absolute atomic E-state index is 0.455. The molecule has 2 aromatic rings. The predicted octanol–water partition coefficient (Wildman–Crippen LogP) is 2.46. The van der Waals surface area contributed by atoms with E-state index in [9.17, 15) is 0 Å². The highest BCUT2D eigenvalue weighted by molar-refractivity contribution is 6.30. The zero-order chi connectivity index (χ0) is 11.0. The summed E-state index contributed by atoms with van der Waals surface area (Å²) in [5, 5.41) is 0.455. The van der Waals surface area contributed by atoms with Crippen LogP contribution in [0, 0.1) is 0 Å². The number of hydrogen-bond donors (Lipinski definition) is 0. The molecule has 0 aromatic carbocycles. The maximum absolute atomic E-state index is 6.09. The highest BCUT2D eigenvalue weighted by Crippen LogP contribution is 2.25. The Hall–Kier alpha value is -1.39. The summed E-state index contributed by atoms with van der Waals surface area (Å²) in [6.07, 6.45) is 2.36. The van der Waals surface area contributed by atoms with Crippen molar-refractivity contribution < 1.29 is 9.15 Å². The SMILES string of the molecule is Clc1nc(-c2ccco2)nc2c1COCC2. The molecule has 0 saturated carbocycles. The smallest absolute Gasteiger partial charge is 0.197 e. The zero-order valence-electron chi connectivity index (χ0n) is 8.44. The first-order valence-electron chi connectivity index (χ1n) is 5.01. The van der Waals surface area contributed by atoms with Gasteiger partial charge < -0.3 is 9.15 Å². The Morgan fingerprint density at radius 2 is 2.25 bits per heavy atom. The molecule has 16 heavy (non-hydrogen) atoms. The third kappa shape index (κ3) is 1.60. The molecule has 0 spiro atoms. The van der Waals surface area contributed by atoms with Crippen LogP contribution in [0.5, 0.6) is 0 Å². The first-order chi connectivity index (χ1) is 7.84. The number of hydrogen-bond acceptors (Lipinski definition) is 4. The molecule has 1 aliphatic heterocycles. The molecule has 3 heterocycles. The topological polar surface area (TPSA) is 48.2 Å². The molecular formula is C11H9ClN2O2. The van der Waals surface area contributed by atoms with Gasteiger partial charge in [-0.2, -0.15) is 0 Å². The molecule has 3 rings (SSSR count). The number of furan rings is 1. The van der Waals surface area contributed by atoms with Gasteiger partial charge in [0.2, 0.25) is 0 Å². The van der Waals surface area contributed by atoms with Crippen LogP contribution in [-0.2, 0) is 17.8 Å². The molecule has 82 valence electrons. The van der Waals surface area contributed by atoms with Crippen LogP contribution in [0.15, 0.2) is 22.8 Å². The van der Waals surface area contributed by atoms with Gasteiger partial charge in [-0.1, -0.05) is 11.6 Å². The number of ether oxygens (including phenoxy) is 1. The van der Waals surface area contributed by atoms with Crippen LogP contribution in [0.1, 0.15) is 11.3 Å². The van der Waals surface area contributed by atoms with Gasteiger partial charge in [-0.15, -0.1) is 0 Å². The highest BCUT2D eigenvalue weighted by Gasteiger charge is 2.18. The summed E-state index contributed by atoms with van der Waals surface area (Å²) in [4.78, 5) is 8.66. The van der Waals surface area contributed by atoms with Crippen molar-refractivity contribution >= 4 is 11.6 Å². The van der Waals surface area contributed by atoms with E-state index in [1.54, 1.807) is 12.3 Å². The van der Waals surface area contributed by atoms with Crippen molar-refractivity contribution in [2.75, 3.05) is 6.61 Å². The van der Waals surface area contributed by atoms with Crippen LogP contribution in [-0.4, -0.2) is 16.6 Å². The Labute approximate surface area is 97.2 Å². The van der Waals surface area contributed by atoms with Crippen LogP contribution in [0.3, 0.4) is 0 Å². The average Bonchev–Trinajstić information content (AvgIpc) is 2.82. The van der Waals surface area contributed by atoms with Gasteiger partial charge in [0.05, 0.1) is 25.2 Å². The number of rotatable bonds is 1. The quantitative estimate of drug-likeness (QED) is 0.714. The van der Waals surface area contributed by atoms with Crippen LogP contribution in [0.2, 0.25) is 5.15 Å². The fourth-order valence-corrected chi connectivity index (χ4v) is 1.95. The largest absolute Gasteiger partial charge is 0.461 e. The molecule has 0 N–H and O–H groups in total. The van der Waals surface area contributed by atoms with E-state index in [2.05, 4.69) is 9.97 Å². The summed E-state index contributed by atoms with van der Waals surface area (Å²) >= 11 is 6.09.